The lowest BCUT2D eigenvalue weighted by Crippen LogP contribution is -2.46. The number of fused-ring (bicyclic) bond motifs is 1. The van der Waals surface area contributed by atoms with Crippen LogP contribution < -0.4 is 0 Å². The number of carboxylic acids is 1. The molecule has 7 heteroatoms. The minimum Gasteiger partial charge on any atom is -0.480 e. The minimum atomic E-state index is -0.901. The smallest absolute Gasteiger partial charge is 0.326 e. The average Bonchev–Trinajstić information content (AvgIpc) is 3.29. The Morgan fingerprint density at radius 2 is 1.88 bits per heavy atom. The summed E-state index contributed by atoms with van der Waals surface area (Å²) in [5.41, 5.74) is 1.32. The number of rotatable bonds is 3. The van der Waals surface area contributed by atoms with Crippen LogP contribution in [0.15, 0.2) is 36.9 Å². The third-order valence-corrected chi connectivity index (χ3v) is 5.41. The molecule has 0 spiro atoms. The summed E-state index contributed by atoms with van der Waals surface area (Å²) in [5, 5.41) is 13.6. The second kappa shape index (κ2) is 6.31. The SMILES string of the molecule is O=C(O)C1CC2CCCCC2N1C(=O)c1ccc(-n2cncn2)cc1. The van der Waals surface area contributed by atoms with Crippen LogP contribution in [0.25, 0.3) is 5.69 Å². The molecule has 1 N–H and O–H groups in total. The van der Waals surface area contributed by atoms with Gasteiger partial charge in [-0.25, -0.2) is 14.5 Å². The third kappa shape index (κ3) is 2.79. The zero-order chi connectivity index (χ0) is 17.4. The quantitative estimate of drug-likeness (QED) is 0.924. The van der Waals surface area contributed by atoms with Gasteiger partial charge in [0.25, 0.3) is 5.91 Å². The lowest BCUT2D eigenvalue weighted by atomic mass is 9.84. The van der Waals surface area contributed by atoms with Gasteiger partial charge in [-0.3, -0.25) is 4.79 Å². The monoisotopic (exact) mass is 340 g/mol. The van der Waals surface area contributed by atoms with Crippen molar-refractivity contribution in [3.05, 3.63) is 42.5 Å². The highest BCUT2D eigenvalue weighted by atomic mass is 16.4. The first-order valence-corrected chi connectivity index (χ1v) is 8.65. The molecule has 1 amide bonds. The molecule has 4 rings (SSSR count). The maximum absolute atomic E-state index is 13.0. The molecule has 25 heavy (non-hydrogen) atoms. The molecule has 0 bridgehead atoms. The average molecular weight is 340 g/mol. The van der Waals surface area contributed by atoms with E-state index in [4.69, 9.17) is 0 Å². The van der Waals surface area contributed by atoms with Gasteiger partial charge < -0.3 is 10.0 Å². The van der Waals surface area contributed by atoms with E-state index in [1.165, 1.54) is 6.33 Å². The first-order valence-electron chi connectivity index (χ1n) is 8.65. The van der Waals surface area contributed by atoms with Gasteiger partial charge in [-0.2, -0.15) is 5.10 Å². The molecule has 0 radical (unpaired) electrons. The lowest BCUT2D eigenvalue weighted by Gasteiger charge is -2.33. The van der Waals surface area contributed by atoms with Crippen LogP contribution in [-0.4, -0.2) is 48.7 Å². The van der Waals surface area contributed by atoms with Crippen molar-refractivity contribution < 1.29 is 14.7 Å². The Labute approximate surface area is 145 Å². The van der Waals surface area contributed by atoms with E-state index in [9.17, 15) is 14.7 Å². The fourth-order valence-corrected chi connectivity index (χ4v) is 4.22. The summed E-state index contributed by atoms with van der Waals surface area (Å²) in [7, 11) is 0. The number of amides is 1. The molecule has 1 aromatic carbocycles. The van der Waals surface area contributed by atoms with Crippen molar-refractivity contribution in [2.24, 2.45) is 5.92 Å². The third-order valence-electron chi connectivity index (χ3n) is 5.41. The lowest BCUT2D eigenvalue weighted by molar-refractivity contribution is -0.141. The summed E-state index contributed by atoms with van der Waals surface area (Å²) >= 11 is 0. The molecule has 1 aromatic heterocycles. The number of benzene rings is 1. The number of aliphatic carboxylic acids is 1. The topological polar surface area (TPSA) is 88.3 Å². The summed E-state index contributed by atoms with van der Waals surface area (Å²) in [6.07, 6.45) is 7.71. The van der Waals surface area contributed by atoms with Crippen LogP contribution in [0.1, 0.15) is 42.5 Å². The van der Waals surface area contributed by atoms with Gasteiger partial charge in [-0.15, -0.1) is 0 Å². The van der Waals surface area contributed by atoms with Crippen molar-refractivity contribution in [2.45, 2.75) is 44.2 Å². The van der Waals surface area contributed by atoms with Gasteiger partial charge in [-0.05, 0) is 49.4 Å². The zero-order valence-corrected chi connectivity index (χ0v) is 13.8. The van der Waals surface area contributed by atoms with Crippen LogP contribution >= 0.6 is 0 Å². The molecule has 3 atom stereocenters. The maximum Gasteiger partial charge on any atom is 0.326 e. The van der Waals surface area contributed by atoms with E-state index in [-0.39, 0.29) is 11.9 Å². The maximum atomic E-state index is 13.0. The molecule has 2 heterocycles. The first-order chi connectivity index (χ1) is 12.1. The number of hydrogen-bond acceptors (Lipinski definition) is 4. The van der Waals surface area contributed by atoms with E-state index < -0.39 is 12.0 Å². The Bertz CT molecular complexity index is 772. The molecule has 2 fully saturated rings. The molecule has 7 nitrogen and oxygen atoms in total. The van der Waals surface area contributed by atoms with Crippen molar-refractivity contribution >= 4 is 11.9 Å². The standard InChI is InChI=1S/C18H20N4O3/c23-17(12-5-7-14(8-6-12)21-11-19-10-20-21)22-15-4-2-1-3-13(15)9-16(22)18(24)25/h5-8,10-11,13,15-16H,1-4,9H2,(H,24,25). The number of hydrogen-bond donors (Lipinski definition) is 1. The van der Waals surface area contributed by atoms with E-state index in [1.807, 2.05) is 0 Å². The van der Waals surface area contributed by atoms with Crippen LogP contribution in [0.4, 0.5) is 0 Å². The van der Waals surface area contributed by atoms with Crippen molar-refractivity contribution in [1.29, 1.82) is 0 Å². The molecule has 130 valence electrons. The Balaban J connectivity index is 1.61. The van der Waals surface area contributed by atoms with Gasteiger partial charge in [-0.1, -0.05) is 12.8 Å². The Hall–Kier alpha value is -2.70. The second-order valence-corrected chi connectivity index (χ2v) is 6.80. The van der Waals surface area contributed by atoms with E-state index in [2.05, 4.69) is 10.1 Å². The number of aromatic nitrogens is 3. The molecule has 1 aliphatic carbocycles. The summed E-state index contributed by atoms with van der Waals surface area (Å²) in [4.78, 5) is 30.3. The number of carbonyl (C=O) groups excluding carboxylic acids is 1. The summed E-state index contributed by atoms with van der Waals surface area (Å²) in [5.74, 6) is -0.776. The van der Waals surface area contributed by atoms with Gasteiger partial charge in [0.2, 0.25) is 0 Å². The molecule has 1 saturated carbocycles. The van der Waals surface area contributed by atoms with Crippen molar-refractivity contribution in [3.8, 4) is 5.69 Å². The van der Waals surface area contributed by atoms with Crippen molar-refractivity contribution in [3.63, 3.8) is 0 Å². The predicted molar refractivity (Wildman–Crippen MR) is 89.3 cm³/mol. The zero-order valence-electron chi connectivity index (χ0n) is 13.8. The molecule has 1 saturated heterocycles. The molecule has 2 aliphatic rings. The predicted octanol–water partition coefficient (Wildman–Crippen LogP) is 2.13. The molecule has 3 unspecified atom stereocenters. The second-order valence-electron chi connectivity index (χ2n) is 6.80. The van der Waals surface area contributed by atoms with Gasteiger partial charge in [0.1, 0.15) is 18.7 Å². The van der Waals surface area contributed by atoms with Crippen molar-refractivity contribution in [1.82, 2.24) is 19.7 Å². The molecule has 2 aromatic rings. The summed E-state index contributed by atoms with van der Waals surface area (Å²) in [6.45, 7) is 0. The normalized spacial score (nSPS) is 25.6. The van der Waals surface area contributed by atoms with Gasteiger partial charge in [0, 0.05) is 11.6 Å². The number of nitrogens with zero attached hydrogens (tertiary/aromatic N) is 4. The Morgan fingerprint density at radius 3 is 2.56 bits per heavy atom. The number of likely N-dealkylation sites (tertiary alicyclic amines) is 1. The van der Waals surface area contributed by atoms with E-state index in [0.29, 0.717) is 17.9 Å². The van der Waals surface area contributed by atoms with Crippen LogP contribution in [0.2, 0.25) is 0 Å². The highest BCUT2D eigenvalue weighted by Gasteiger charge is 2.47. The fraction of sp³-hybridized carbons (Fsp3) is 0.444. The molecular weight excluding hydrogens is 320 g/mol. The van der Waals surface area contributed by atoms with Crippen LogP contribution in [0, 0.1) is 5.92 Å². The summed E-state index contributed by atoms with van der Waals surface area (Å²) in [6, 6.07) is 6.40. The van der Waals surface area contributed by atoms with Crippen molar-refractivity contribution in [2.75, 3.05) is 0 Å². The highest BCUT2D eigenvalue weighted by Crippen LogP contribution is 2.40. The minimum absolute atomic E-state index is 0.0531. The molecular formula is C18H20N4O3. The van der Waals surface area contributed by atoms with E-state index in [1.54, 1.807) is 40.2 Å². The highest BCUT2D eigenvalue weighted by molar-refractivity contribution is 5.97. The van der Waals surface area contributed by atoms with E-state index in [0.717, 1.165) is 31.4 Å². The van der Waals surface area contributed by atoms with Gasteiger partial charge in [0.05, 0.1) is 5.69 Å². The van der Waals surface area contributed by atoms with Gasteiger partial charge in [0.15, 0.2) is 0 Å². The Morgan fingerprint density at radius 1 is 1.12 bits per heavy atom. The van der Waals surface area contributed by atoms with Crippen LogP contribution in [0.3, 0.4) is 0 Å². The van der Waals surface area contributed by atoms with Crippen LogP contribution in [0.5, 0.6) is 0 Å². The van der Waals surface area contributed by atoms with Gasteiger partial charge >= 0.3 is 5.97 Å². The molecule has 1 aliphatic heterocycles. The number of carbonyl (C=O) groups is 2. The van der Waals surface area contributed by atoms with Crippen LogP contribution in [-0.2, 0) is 4.79 Å². The fourth-order valence-electron chi connectivity index (χ4n) is 4.22. The first kappa shape index (κ1) is 15.8. The van der Waals surface area contributed by atoms with E-state index >= 15 is 0 Å². The largest absolute Gasteiger partial charge is 0.480 e. The summed E-state index contributed by atoms with van der Waals surface area (Å²) < 4.78 is 1.61. The Kier molecular flexibility index (Phi) is 3.99. The number of carboxylic acid groups (broad SMARTS) is 1.